The molecule has 0 fully saturated rings. The van der Waals surface area contributed by atoms with Crippen molar-refractivity contribution < 1.29 is 14.3 Å². The van der Waals surface area contributed by atoms with Gasteiger partial charge in [-0.2, -0.15) is 10.2 Å². The molecule has 134 valence electrons. The quantitative estimate of drug-likeness (QED) is 0.493. The van der Waals surface area contributed by atoms with E-state index in [9.17, 15) is 4.79 Å². The monoisotopic (exact) mass is 370 g/mol. The fourth-order valence-corrected chi connectivity index (χ4v) is 2.85. The number of carbonyl (C=O) groups is 1. The first-order valence-corrected chi connectivity index (χ1v) is 8.82. The topological polar surface area (TPSA) is 88.6 Å². The third-order valence-corrected chi connectivity index (χ3v) is 4.29. The van der Waals surface area contributed by atoms with Crippen molar-refractivity contribution in [3.05, 3.63) is 52.3 Å². The number of thiophene rings is 1. The first-order chi connectivity index (χ1) is 12.7. The molecule has 2 heterocycles. The highest BCUT2D eigenvalue weighted by Crippen LogP contribution is 2.32. The maximum absolute atomic E-state index is 12.1. The molecule has 1 aromatic carbocycles. The highest BCUT2D eigenvalue weighted by Gasteiger charge is 2.13. The third-order valence-electron chi connectivity index (χ3n) is 3.48. The molecule has 8 heteroatoms. The number of amides is 1. The van der Waals surface area contributed by atoms with Gasteiger partial charge >= 0.3 is 0 Å². The van der Waals surface area contributed by atoms with Crippen LogP contribution in [0.5, 0.6) is 11.5 Å². The first kappa shape index (κ1) is 17.7. The van der Waals surface area contributed by atoms with Crippen molar-refractivity contribution in [3.8, 4) is 22.8 Å². The zero-order valence-corrected chi connectivity index (χ0v) is 15.2. The molecule has 3 aromatic rings. The summed E-state index contributed by atoms with van der Waals surface area (Å²) in [4.78, 5) is 13.1. The predicted molar refractivity (Wildman–Crippen MR) is 101 cm³/mol. The molecular formula is C18H18N4O3S. The number of rotatable bonds is 7. The van der Waals surface area contributed by atoms with Gasteiger partial charge in [-0.25, -0.2) is 5.43 Å². The molecule has 2 N–H and O–H groups in total. The largest absolute Gasteiger partial charge is 0.493 e. The SMILES string of the molecule is CCOc1ccc(-c2cc(C(=O)N/N=C\c3cccs3)[nH]n2)cc1OC. The minimum absolute atomic E-state index is 0.316. The summed E-state index contributed by atoms with van der Waals surface area (Å²) in [6.07, 6.45) is 1.59. The lowest BCUT2D eigenvalue weighted by molar-refractivity contribution is 0.0950. The second kappa shape index (κ2) is 8.30. The second-order valence-corrected chi connectivity index (χ2v) is 6.16. The van der Waals surface area contributed by atoms with Crippen LogP contribution in [0.2, 0.25) is 0 Å². The Morgan fingerprint density at radius 3 is 2.96 bits per heavy atom. The zero-order valence-electron chi connectivity index (χ0n) is 14.4. The minimum atomic E-state index is -0.366. The molecule has 0 aliphatic rings. The molecule has 1 amide bonds. The molecule has 0 saturated carbocycles. The first-order valence-electron chi connectivity index (χ1n) is 7.94. The Bertz CT molecular complexity index is 903. The van der Waals surface area contributed by atoms with Gasteiger partial charge in [0.05, 0.1) is 25.6 Å². The Kier molecular flexibility index (Phi) is 5.65. The van der Waals surface area contributed by atoms with Gasteiger partial charge in [-0.3, -0.25) is 9.89 Å². The van der Waals surface area contributed by atoms with Gasteiger partial charge in [-0.05, 0) is 42.6 Å². The van der Waals surface area contributed by atoms with Gasteiger partial charge in [0.25, 0.3) is 5.91 Å². The van der Waals surface area contributed by atoms with E-state index in [4.69, 9.17) is 9.47 Å². The average molecular weight is 370 g/mol. The smallest absolute Gasteiger partial charge is 0.289 e. The van der Waals surface area contributed by atoms with Crippen molar-refractivity contribution in [1.29, 1.82) is 0 Å². The lowest BCUT2D eigenvalue weighted by atomic mass is 10.1. The summed E-state index contributed by atoms with van der Waals surface area (Å²) in [5, 5.41) is 12.8. The van der Waals surface area contributed by atoms with E-state index in [1.165, 1.54) is 11.3 Å². The highest BCUT2D eigenvalue weighted by atomic mass is 32.1. The molecule has 0 unspecified atom stereocenters. The number of nitrogens with zero attached hydrogens (tertiary/aromatic N) is 2. The summed E-state index contributed by atoms with van der Waals surface area (Å²) in [6.45, 7) is 2.46. The van der Waals surface area contributed by atoms with Crippen LogP contribution in [0.3, 0.4) is 0 Å². The molecule has 0 bridgehead atoms. The number of benzene rings is 1. The van der Waals surface area contributed by atoms with Gasteiger partial charge < -0.3 is 9.47 Å². The van der Waals surface area contributed by atoms with Crippen LogP contribution >= 0.6 is 11.3 Å². The van der Waals surface area contributed by atoms with E-state index in [1.807, 2.05) is 42.6 Å². The molecule has 3 rings (SSSR count). The number of methoxy groups -OCH3 is 1. The van der Waals surface area contributed by atoms with Crippen molar-refractivity contribution in [3.63, 3.8) is 0 Å². The number of H-pyrrole nitrogens is 1. The Labute approximate surface area is 154 Å². The van der Waals surface area contributed by atoms with Gasteiger partial charge in [-0.1, -0.05) is 6.07 Å². The Morgan fingerprint density at radius 1 is 1.35 bits per heavy atom. The predicted octanol–water partition coefficient (Wildman–Crippen LogP) is 3.31. The molecular weight excluding hydrogens is 352 g/mol. The fraction of sp³-hybridized carbons (Fsp3) is 0.167. The second-order valence-electron chi connectivity index (χ2n) is 5.18. The van der Waals surface area contributed by atoms with E-state index >= 15 is 0 Å². The van der Waals surface area contributed by atoms with Gasteiger partial charge in [0, 0.05) is 10.4 Å². The summed E-state index contributed by atoms with van der Waals surface area (Å²) in [7, 11) is 1.58. The van der Waals surface area contributed by atoms with Crippen LogP contribution in [0.25, 0.3) is 11.3 Å². The number of ether oxygens (including phenoxy) is 2. The van der Waals surface area contributed by atoms with Crippen molar-refractivity contribution >= 4 is 23.5 Å². The maximum Gasteiger partial charge on any atom is 0.289 e. The van der Waals surface area contributed by atoms with E-state index in [2.05, 4.69) is 20.7 Å². The summed E-state index contributed by atoms with van der Waals surface area (Å²) in [6, 6.07) is 11.0. The van der Waals surface area contributed by atoms with Crippen LogP contribution in [0.4, 0.5) is 0 Å². The van der Waals surface area contributed by atoms with E-state index in [0.29, 0.717) is 29.5 Å². The van der Waals surface area contributed by atoms with Crippen LogP contribution in [-0.2, 0) is 0 Å². The van der Waals surface area contributed by atoms with Crippen molar-refractivity contribution in [2.75, 3.05) is 13.7 Å². The van der Waals surface area contributed by atoms with Crippen molar-refractivity contribution in [1.82, 2.24) is 15.6 Å². The van der Waals surface area contributed by atoms with Crippen LogP contribution in [0, 0.1) is 0 Å². The molecule has 0 radical (unpaired) electrons. The van der Waals surface area contributed by atoms with Gasteiger partial charge in [-0.15, -0.1) is 11.3 Å². The summed E-state index contributed by atoms with van der Waals surface area (Å²) < 4.78 is 10.8. The van der Waals surface area contributed by atoms with E-state index < -0.39 is 0 Å². The lowest BCUT2D eigenvalue weighted by Gasteiger charge is -2.09. The number of aromatic amines is 1. The Hall–Kier alpha value is -3.13. The fourth-order valence-electron chi connectivity index (χ4n) is 2.27. The van der Waals surface area contributed by atoms with E-state index in [0.717, 1.165) is 10.4 Å². The molecule has 0 aliphatic carbocycles. The Morgan fingerprint density at radius 2 is 2.23 bits per heavy atom. The number of nitrogens with one attached hydrogen (secondary N) is 2. The highest BCUT2D eigenvalue weighted by molar-refractivity contribution is 7.11. The lowest BCUT2D eigenvalue weighted by Crippen LogP contribution is -2.17. The van der Waals surface area contributed by atoms with Gasteiger partial charge in [0.1, 0.15) is 5.69 Å². The van der Waals surface area contributed by atoms with Crippen molar-refractivity contribution in [2.24, 2.45) is 5.10 Å². The molecule has 0 aliphatic heterocycles. The molecule has 2 aromatic heterocycles. The summed E-state index contributed by atoms with van der Waals surface area (Å²) >= 11 is 1.54. The summed E-state index contributed by atoms with van der Waals surface area (Å²) in [5.74, 6) is 0.906. The third kappa shape index (κ3) is 4.09. The minimum Gasteiger partial charge on any atom is -0.493 e. The molecule has 7 nitrogen and oxygen atoms in total. The molecule has 0 spiro atoms. The number of aromatic nitrogens is 2. The van der Waals surface area contributed by atoms with Gasteiger partial charge in [0.15, 0.2) is 11.5 Å². The molecule has 0 atom stereocenters. The van der Waals surface area contributed by atoms with Crippen molar-refractivity contribution in [2.45, 2.75) is 6.92 Å². The van der Waals surface area contributed by atoms with Crippen LogP contribution < -0.4 is 14.9 Å². The van der Waals surface area contributed by atoms with E-state index in [1.54, 1.807) is 19.4 Å². The molecule has 0 saturated heterocycles. The van der Waals surface area contributed by atoms with Crippen LogP contribution in [0.1, 0.15) is 22.3 Å². The zero-order chi connectivity index (χ0) is 18.4. The standard InChI is InChI=1S/C18H18N4O3S/c1-3-25-16-7-6-12(9-17(16)24-2)14-10-15(21-20-14)18(23)22-19-11-13-5-4-8-26-13/h4-11H,3H2,1-2H3,(H,20,21)(H,22,23)/b19-11-. The molecule has 26 heavy (non-hydrogen) atoms. The van der Waals surface area contributed by atoms with Crippen LogP contribution in [0.15, 0.2) is 46.9 Å². The average Bonchev–Trinajstić information content (AvgIpc) is 3.34. The van der Waals surface area contributed by atoms with Gasteiger partial charge in [0.2, 0.25) is 0 Å². The van der Waals surface area contributed by atoms with Crippen LogP contribution in [-0.4, -0.2) is 36.0 Å². The normalized spacial score (nSPS) is 10.8. The number of hydrazone groups is 1. The number of hydrogen-bond donors (Lipinski definition) is 2. The summed E-state index contributed by atoms with van der Waals surface area (Å²) in [5.41, 5.74) is 4.22. The van der Waals surface area contributed by atoms with E-state index in [-0.39, 0.29) is 5.91 Å². The maximum atomic E-state index is 12.1. The Balaban J connectivity index is 1.71. The number of hydrogen-bond acceptors (Lipinski definition) is 6. The number of carbonyl (C=O) groups excluding carboxylic acids is 1.